The first-order chi connectivity index (χ1) is 8.86. The lowest BCUT2D eigenvalue weighted by atomic mass is 9.93. The van der Waals surface area contributed by atoms with Crippen molar-refractivity contribution in [2.24, 2.45) is 17.8 Å². The maximum absolute atomic E-state index is 11.9. The van der Waals surface area contributed by atoms with Gasteiger partial charge in [-0.05, 0) is 24.7 Å². The van der Waals surface area contributed by atoms with Gasteiger partial charge in [-0.1, -0.05) is 40.5 Å². The van der Waals surface area contributed by atoms with Gasteiger partial charge in [0.15, 0.2) is 0 Å². The van der Waals surface area contributed by atoms with Crippen LogP contribution < -0.4 is 5.32 Å². The van der Waals surface area contributed by atoms with Crippen LogP contribution in [0.15, 0.2) is 0 Å². The van der Waals surface area contributed by atoms with Gasteiger partial charge < -0.3 is 10.4 Å². The van der Waals surface area contributed by atoms with E-state index in [1.165, 1.54) is 0 Å². The maximum Gasteiger partial charge on any atom is 0.303 e. The second-order valence-electron chi connectivity index (χ2n) is 5.88. The molecule has 0 heterocycles. The summed E-state index contributed by atoms with van der Waals surface area (Å²) in [4.78, 5) is 22.7. The predicted octanol–water partition coefficient (Wildman–Crippen LogP) is 3.07. The van der Waals surface area contributed by atoms with E-state index in [0.717, 1.165) is 25.7 Å². The smallest absolute Gasteiger partial charge is 0.303 e. The zero-order chi connectivity index (χ0) is 14.8. The Bertz CT molecular complexity index is 277. The van der Waals surface area contributed by atoms with Crippen molar-refractivity contribution in [3.63, 3.8) is 0 Å². The van der Waals surface area contributed by atoms with Crippen molar-refractivity contribution >= 4 is 11.9 Å². The van der Waals surface area contributed by atoms with Crippen molar-refractivity contribution in [1.29, 1.82) is 0 Å². The Morgan fingerprint density at radius 2 is 1.84 bits per heavy atom. The van der Waals surface area contributed by atoms with Crippen LogP contribution in [-0.2, 0) is 9.59 Å². The van der Waals surface area contributed by atoms with Crippen LogP contribution in [0.3, 0.4) is 0 Å². The number of hydrogen-bond acceptors (Lipinski definition) is 2. The van der Waals surface area contributed by atoms with Gasteiger partial charge in [-0.15, -0.1) is 0 Å². The maximum atomic E-state index is 11.9. The molecule has 2 N–H and O–H groups in total. The summed E-state index contributed by atoms with van der Waals surface area (Å²) in [5, 5.41) is 11.8. The second kappa shape index (κ2) is 9.82. The highest BCUT2D eigenvalue weighted by atomic mass is 16.4. The predicted molar refractivity (Wildman–Crippen MR) is 76.9 cm³/mol. The lowest BCUT2D eigenvalue weighted by molar-refractivity contribution is -0.138. The van der Waals surface area contributed by atoms with Gasteiger partial charge in [0.1, 0.15) is 0 Å². The van der Waals surface area contributed by atoms with Crippen molar-refractivity contribution in [3.05, 3.63) is 0 Å². The number of carbonyl (C=O) groups excluding carboxylic acids is 1. The van der Waals surface area contributed by atoms with Crippen LogP contribution >= 0.6 is 0 Å². The molecule has 1 unspecified atom stereocenters. The normalized spacial score (nSPS) is 14.2. The summed E-state index contributed by atoms with van der Waals surface area (Å²) >= 11 is 0. The van der Waals surface area contributed by atoms with Gasteiger partial charge in [-0.3, -0.25) is 9.59 Å². The van der Waals surface area contributed by atoms with Crippen LogP contribution in [0, 0.1) is 17.8 Å². The number of carbonyl (C=O) groups is 2. The van der Waals surface area contributed by atoms with Gasteiger partial charge in [0.05, 0.1) is 0 Å². The lowest BCUT2D eigenvalue weighted by Gasteiger charge is -2.19. The van der Waals surface area contributed by atoms with Crippen LogP contribution in [0.2, 0.25) is 0 Å². The summed E-state index contributed by atoms with van der Waals surface area (Å²) in [5.74, 6) is -0.255. The van der Waals surface area contributed by atoms with Gasteiger partial charge in [-0.2, -0.15) is 0 Å². The fraction of sp³-hybridized carbons (Fsp3) is 0.867. The molecule has 1 amide bonds. The number of nitrogens with one attached hydrogen (secondary N) is 1. The van der Waals surface area contributed by atoms with E-state index in [-0.39, 0.29) is 24.2 Å². The highest BCUT2D eigenvalue weighted by Gasteiger charge is 2.18. The van der Waals surface area contributed by atoms with Crippen LogP contribution in [0.25, 0.3) is 0 Å². The molecule has 2 atom stereocenters. The number of carboxylic acids is 1. The Morgan fingerprint density at radius 3 is 2.32 bits per heavy atom. The topological polar surface area (TPSA) is 66.4 Å². The molecule has 0 aromatic carbocycles. The number of aliphatic carboxylic acids is 1. The van der Waals surface area contributed by atoms with Gasteiger partial charge in [0.25, 0.3) is 0 Å². The first kappa shape index (κ1) is 17.9. The van der Waals surface area contributed by atoms with E-state index >= 15 is 0 Å². The molecule has 0 aliphatic carbocycles. The van der Waals surface area contributed by atoms with E-state index < -0.39 is 5.97 Å². The third-order valence-corrected chi connectivity index (χ3v) is 3.27. The number of unbranched alkanes of at least 4 members (excludes halogenated alkanes) is 1. The molecule has 4 heteroatoms. The molecule has 0 rings (SSSR count). The number of amides is 1. The van der Waals surface area contributed by atoms with E-state index in [4.69, 9.17) is 5.11 Å². The fourth-order valence-electron chi connectivity index (χ4n) is 2.21. The quantitative estimate of drug-likeness (QED) is 0.641. The van der Waals surface area contributed by atoms with Crippen molar-refractivity contribution in [2.45, 2.75) is 59.8 Å². The van der Waals surface area contributed by atoms with E-state index in [2.05, 4.69) is 26.1 Å². The number of rotatable bonds is 10. The van der Waals surface area contributed by atoms with Crippen LogP contribution in [-0.4, -0.2) is 23.5 Å². The van der Waals surface area contributed by atoms with E-state index in [1.807, 2.05) is 6.92 Å². The van der Waals surface area contributed by atoms with Crippen LogP contribution in [0.1, 0.15) is 59.8 Å². The summed E-state index contributed by atoms with van der Waals surface area (Å²) in [6.07, 6.45) is 4.00. The lowest BCUT2D eigenvalue weighted by Crippen LogP contribution is -2.34. The summed E-state index contributed by atoms with van der Waals surface area (Å²) in [6.45, 7) is 8.65. The number of hydrogen-bond donors (Lipinski definition) is 2. The first-order valence-corrected chi connectivity index (χ1v) is 7.36. The monoisotopic (exact) mass is 271 g/mol. The standard InChI is InChI=1S/C15H29NO3/c1-5-6-7-12(4)15(19)16-10-13(8-11(2)3)9-14(17)18/h11-13H,5-10H2,1-4H3,(H,16,19)(H,17,18)/t12?,13-/m0/s1. The molecule has 0 aliphatic heterocycles. The molecule has 0 fully saturated rings. The Balaban J connectivity index is 4.14. The minimum atomic E-state index is -0.793. The summed E-state index contributed by atoms with van der Waals surface area (Å²) in [7, 11) is 0. The molecular formula is C15H29NO3. The fourth-order valence-corrected chi connectivity index (χ4v) is 2.21. The molecule has 4 nitrogen and oxygen atoms in total. The van der Waals surface area contributed by atoms with Crippen molar-refractivity contribution in [1.82, 2.24) is 5.32 Å². The first-order valence-electron chi connectivity index (χ1n) is 7.36. The van der Waals surface area contributed by atoms with Gasteiger partial charge >= 0.3 is 5.97 Å². The van der Waals surface area contributed by atoms with Crippen LogP contribution in [0.4, 0.5) is 0 Å². The molecule has 0 saturated carbocycles. The molecule has 19 heavy (non-hydrogen) atoms. The summed E-state index contributed by atoms with van der Waals surface area (Å²) in [6, 6.07) is 0. The average molecular weight is 271 g/mol. The molecule has 0 aromatic rings. The Kier molecular flexibility index (Phi) is 9.27. The average Bonchev–Trinajstić information content (AvgIpc) is 2.31. The molecule has 0 spiro atoms. The van der Waals surface area contributed by atoms with Gasteiger partial charge in [-0.25, -0.2) is 0 Å². The molecule has 0 saturated heterocycles. The zero-order valence-corrected chi connectivity index (χ0v) is 12.7. The van der Waals surface area contributed by atoms with E-state index in [9.17, 15) is 9.59 Å². The highest BCUT2D eigenvalue weighted by Crippen LogP contribution is 2.15. The second-order valence-corrected chi connectivity index (χ2v) is 5.88. The van der Waals surface area contributed by atoms with Crippen molar-refractivity contribution < 1.29 is 14.7 Å². The van der Waals surface area contributed by atoms with Crippen molar-refractivity contribution in [2.75, 3.05) is 6.54 Å². The third-order valence-electron chi connectivity index (χ3n) is 3.27. The zero-order valence-electron chi connectivity index (χ0n) is 12.7. The minimum absolute atomic E-state index is 0.0180. The van der Waals surface area contributed by atoms with Crippen molar-refractivity contribution in [3.8, 4) is 0 Å². The summed E-state index contributed by atoms with van der Waals surface area (Å²) < 4.78 is 0. The van der Waals surface area contributed by atoms with Gasteiger partial charge in [0.2, 0.25) is 5.91 Å². The van der Waals surface area contributed by atoms with E-state index in [1.54, 1.807) is 0 Å². The summed E-state index contributed by atoms with van der Waals surface area (Å²) in [5.41, 5.74) is 0. The molecular weight excluding hydrogens is 242 g/mol. The molecule has 0 radical (unpaired) electrons. The molecule has 112 valence electrons. The molecule has 0 bridgehead atoms. The molecule has 0 aromatic heterocycles. The van der Waals surface area contributed by atoms with E-state index in [0.29, 0.717) is 12.5 Å². The minimum Gasteiger partial charge on any atom is -0.481 e. The third kappa shape index (κ3) is 9.51. The Labute approximate surface area is 117 Å². The Morgan fingerprint density at radius 1 is 1.21 bits per heavy atom. The highest BCUT2D eigenvalue weighted by molar-refractivity contribution is 5.78. The Hall–Kier alpha value is -1.06. The number of carboxylic acid groups (broad SMARTS) is 1. The molecule has 0 aliphatic rings. The SMILES string of the molecule is CCCCC(C)C(=O)NC[C@H](CC(=O)O)CC(C)C. The van der Waals surface area contributed by atoms with Gasteiger partial charge in [0, 0.05) is 18.9 Å². The largest absolute Gasteiger partial charge is 0.481 e. The van der Waals surface area contributed by atoms with Crippen LogP contribution in [0.5, 0.6) is 0 Å².